The lowest BCUT2D eigenvalue weighted by Crippen LogP contribution is -2.42. The minimum Gasteiger partial charge on any atom is -0.444 e. The van der Waals surface area contributed by atoms with Crippen molar-refractivity contribution in [2.75, 3.05) is 0 Å². The van der Waals surface area contributed by atoms with Crippen LogP contribution in [0, 0.1) is 11.8 Å². The molecule has 1 aliphatic carbocycles. The van der Waals surface area contributed by atoms with E-state index in [1.165, 1.54) is 12.8 Å². The highest BCUT2D eigenvalue weighted by molar-refractivity contribution is 9.10. The molecule has 17 heavy (non-hydrogen) atoms. The SMILES string of the molecule is CC1CCC(NC(=O)c2ccc(Br)o2)C(C)C1. The molecule has 3 unspecified atom stereocenters. The smallest absolute Gasteiger partial charge is 0.287 e. The molecule has 1 aromatic heterocycles. The van der Waals surface area contributed by atoms with Gasteiger partial charge in [-0.2, -0.15) is 0 Å². The van der Waals surface area contributed by atoms with Gasteiger partial charge in [-0.1, -0.05) is 13.8 Å². The summed E-state index contributed by atoms with van der Waals surface area (Å²) in [7, 11) is 0. The van der Waals surface area contributed by atoms with Crippen molar-refractivity contribution < 1.29 is 9.21 Å². The maximum atomic E-state index is 11.9. The summed E-state index contributed by atoms with van der Waals surface area (Å²) in [6.45, 7) is 4.48. The van der Waals surface area contributed by atoms with E-state index in [2.05, 4.69) is 35.1 Å². The van der Waals surface area contributed by atoms with E-state index in [1.807, 2.05) is 0 Å². The summed E-state index contributed by atoms with van der Waals surface area (Å²) in [5, 5.41) is 3.07. The molecule has 0 radical (unpaired) electrons. The third-order valence-electron chi connectivity index (χ3n) is 3.54. The lowest BCUT2D eigenvalue weighted by atomic mass is 9.80. The Morgan fingerprint density at radius 2 is 2.18 bits per heavy atom. The van der Waals surface area contributed by atoms with E-state index in [1.54, 1.807) is 12.1 Å². The van der Waals surface area contributed by atoms with E-state index in [4.69, 9.17) is 4.42 Å². The Labute approximate surface area is 110 Å². The zero-order valence-corrected chi connectivity index (χ0v) is 11.8. The molecule has 3 atom stereocenters. The van der Waals surface area contributed by atoms with Crippen molar-refractivity contribution in [3.05, 3.63) is 22.6 Å². The van der Waals surface area contributed by atoms with Gasteiger partial charge < -0.3 is 9.73 Å². The number of carbonyl (C=O) groups excluding carboxylic acids is 1. The number of hydrogen-bond acceptors (Lipinski definition) is 2. The van der Waals surface area contributed by atoms with E-state index in [0.29, 0.717) is 16.3 Å². The second kappa shape index (κ2) is 5.25. The van der Waals surface area contributed by atoms with Gasteiger partial charge >= 0.3 is 0 Å². The molecule has 1 aliphatic rings. The first-order valence-electron chi connectivity index (χ1n) is 6.12. The van der Waals surface area contributed by atoms with Crippen LogP contribution in [0.5, 0.6) is 0 Å². The molecule has 1 fully saturated rings. The molecule has 4 heteroatoms. The van der Waals surface area contributed by atoms with Crippen molar-refractivity contribution >= 4 is 21.8 Å². The fraction of sp³-hybridized carbons (Fsp3) is 0.615. The lowest BCUT2D eigenvalue weighted by molar-refractivity contribution is 0.0870. The molecule has 0 spiro atoms. The van der Waals surface area contributed by atoms with Gasteiger partial charge in [0.15, 0.2) is 10.4 Å². The van der Waals surface area contributed by atoms with Crippen LogP contribution in [-0.4, -0.2) is 11.9 Å². The van der Waals surface area contributed by atoms with E-state index in [-0.39, 0.29) is 11.9 Å². The average molecular weight is 300 g/mol. The third-order valence-corrected chi connectivity index (χ3v) is 3.97. The summed E-state index contributed by atoms with van der Waals surface area (Å²) in [4.78, 5) is 11.9. The zero-order chi connectivity index (χ0) is 12.4. The van der Waals surface area contributed by atoms with Crippen LogP contribution in [0.25, 0.3) is 0 Å². The Hall–Kier alpha value is -0.770. The van der Waals surface area contributed by atoms with E-state index >= 15 is 0 Å². The first-order valence-corrected chi connectivity index (χ1v) is 6.91. The maximum absolute atomic E-state index is 11.9. The first kappa shape index (κ1) is 12.7. The fourth-order valence-corrected chi connectivity index (χ4v) is 2.86. The molecule has 1 aromatic rings. The van der Waals surface area contributed by atoms with Gasteiger partial charge in [-0.25, -0.2) is 0 Å². The van der Waals surface area contributed by atoms with Gasteiger partial charge in [0.2, 0.25) is 0 Å². The number of amides is 1. The van der Waals surface area contributed by atoms with Crippen LogP contribution in [0.2, 0.25) is 0 Å². The molecule has 1 heterocycles. The highest BCUT2D eigenvalue weighted by atomic mass is 79.9. The predicted molar refractivity (Wildman–Crippen MR) is 69.8 cm³/mol. The van der Waals surface area contributed by atoms with Gasteiger partial charge in [-0.05, 0) is 59.2 Å². The monoisotopic (exact) mass is 299 g/mol. The highest BCUT2D eigenvalue weighted by Gasteiger charge is 2.27. The molecule has 3 nitrogen and oxygen atoms in total. The molecular formula is C13H18BrNO2. The normalized spacial score (nSPS) is 29.0. The standard InChI is InChI=1S/C13H18BrNO2/c1-8-3-4-10(9(2)7-8)15-13(16)11-5-6-12(14)17-11/h5-6,8-10H,3-4,7H2,1-2H3,(H,15,16). The Kier molecular flexibility index (Phi) is 3.92. The number of rotatable bonds is 2. The molecule has 2 rings (SSSR count). The van der Waals surface area contributed by atoms with Crippen molar-refractivity contribution in [1.82, 2.24) is 5.32 Å². The molecule has 1 saturated carbocycles. The maximum Gasteiger partial charge on any atom is 0.287 e. The number of nitrogens with one attached hydrogen (secondary N) is 1. The molecule has 0 aliphatic heterocycles. The van der Waals surface area contributed by atoms with E-state index in [9.17, 15) is 4.79 Å². The quantitative estimate of drug-likeness (QED) is 0.907. The van der Waals surface area contributed by atoms with Crippen LogP contribution >= 0.6 is 15.9 Å². The molecular weight excluding hydrogens is 282 g/mol. The molecule has 0 bridgehead atoms. The van der Waals surface area contributed by atoms with Gasteiger partial charge in [0.1, 0.15) is 0 Å². The van der Waals surface area contributed by atoms with Gasteiger partial charge in [0, 0.05) is 6.04 Å². The number of hydrogen-bond donors (Lipinski definition) is 1. The second-order valence-electron chi connectivity index (χ2n) is 5.08. The topological polar surface area (TPSA) is 42.2 Å². The largest absolute Gasteiger partial charge is 0.444 e. The second-order valence-corrected chi connectivity index (χ2v) is 5.86. The van der Waals surface area contributed by atoms with Crippen LogP contribution < -0.4 is 5.32 Å². The zero-order valence-electron chi connectivity index (χ0n) is 10.2. The van der Waals surface area contributed by atoms with Crippen molar-refractivity contribution in [2.24, 2.45) is 11.8 Å². The summed E-state index contributed by atoms with van der Waals surface area (Å²) in [6.07, 6.45) is 3.44. The Balaban J connectivity index is 1.95. The van der Waals surface area contributed by atoms with Gasteiger partial charge in [0.05, 0.1) is 0 Å². The molecule has 1 N–H and O–H groups in total. The molecule has 0 saturated heterocycles. The van der Waals surface area contributed by atoms with Gasteiger partial charge in [-0.3, -0.25) is 4.79 Å². The van der Waals surface area contributed by atoms with Crippen molar-refractivity contribution in [2.45, 2.75) is 39.2 Å². The summed E-state index contributed by atoms with van der Waals surface area (Å²) in [5.74, 6) is 1.59. The highest BCUT2D eigenvalue weighted by Crippen LogP contribution is 2.28. The summed E-state index contributed by atoms with van der Waals surface area (Å²) in [6, 6.07) is 3.71. The average Bonchev–Trinajstić information content (AvgIpc) is 2.69. The molecule has 1 amide bonds. The van der Waals surface area contributed by atoms with E-state index < -0.39 is 0 Å². The number of halogens is 1. The Morgan fingerprint density at radius 1 is 1.41 bits per heavy atom. The van der Waals surface area contributed by atoms with Crippen LogP contribution in [0.3, 0.4) is 0 Å². The number of furan rings is 1. The minimum absolute atomic E-state index is 0.109. The fourth-order valence-electron chi connectivity index (χ4n) is 2.56. The third kappa shape index (κ3) is 3.12. The number of carbonyl (C=O) groups is 1. The Bertz CT molecular complexity index is 402. The van der Waals surface area contributed by atoms with Gasteiger partial charge in [0.25, 0.3) is 5.91 Å². The van der Waals surface area contributed by atoms with Gasteiger partial charge in [-0.15, -0.1) is 0 Å². The van der Waals surface area contributed by atoms with Crippen LogP contribution in [-0.2, 0) is 0 Å². The van der Waals surface area contributed by atoms with Crippen molar-refractivity contribution in [3.63, 3.8) is 0 Å². The minimum atomic E-state index is -0.109. The van der Waals surface area contributed by atoms with E-state index in [0.717, 1.165) is 12.3 Å². The van der Waals surface area contributed by atoms with Crippen LogP contribution in [0.4, 0.5) is 0 Å². The van der Waals surface area contributed by atoms with Crippen LogP contribution in [0.15, 0.2) is 21.2 Å². The van der Waals surface area contributed by atoms with Crippen molar-refractivity contribution in [3.8, 4) is 0 Å². The molecule has 0 aromatic carbocycles. The summed E-state index contributed by atoms with van der Waals surface area (Å²) < 4.78 is 5.84. The summed E-state index contributed by atoms with van der Waals surface area (Å²) in [5.41, 5.74) is 0. The molecule has 94 valence electrons. The first-order chi connectivity index (χ1) is 8.06. The summed E-state index contributed by atoms with van der Waals surface area (Å²) >= 11 is 3.20. The van der Waals surface area contributed by atoms with Crippen molar-refractivity contribution in [1.29, 1.82) is 0 Å². The Morgan fingerprint density at radius 3 is 2.76 bits per heavy atom. The lowest BCUT2D eigenvalue weighted by Gasteiger charge is -2.32. The van der Waals surface area contributed by atoms with Crippen LogP contribution in [0.1, 0.15) is 43.7 Å². The predicted octanol–water partition coefficient (Wildman–Crippen LogP) is 3.60.